The molecule has 0 saturated carbocycles. The number of hydrogen-bond acceptors (Lipinski definition) is 4. The molecule has 0 amide bonds. The van der Waals surface area contributed by atoms with Crippen molar-refractivity contribution in [1.29, 1.82) is 0 Å². The quantitative estimate of drug-likeness (QED) is 0.820. The van der Waals surface area contributed by atoms with Gasteiger partial charge in [-0.2, -0.15) is 4.31 Å². The Hall–Kier alpha value is -1.37. The van der Waals surface area contributed by atoms with Crippen molar-refractivity contribution in [1.82, 2.24) is 4.31 Å². The highest BCUT2D eigenvalue weighted by Gasteiger charge is 2.23. The van der Waals surface area contributed by atoms with Gasteiger partial charge in [-0.25, -0.2) is 8.42 Å². The molecule has 4 nitrogen and oxygen atoms in total. The summed E-state index contributed by atoms with van der Waals surface area (Å²) in [5, 5.41) is 1.78. The second-order valence-electron chi connectivity index (χ2n) is 4.92. The molecule has 114 valence electrons. The maximum absolute atomic E-state index is 12.5. The summed E-state index contributed by atoms with van der Waals surface area (Å²) in [6.45, 7) is 2.71. The number of sulfonamides is 1. The van der Waals surface area contributed by atoms with Crippen molar-refractivity contribution < 1.29 is 8.42 Å². The van der Waals surface area contributed by atoms with Crippen LogP contribution in [0.1, 0.15) is 12.5 Å². The number of rotatable bonds is 6. The Morgan fingerprint density at radius 1 is 1.10 bits per heavy atom. The van der Waals surface area contributed by atoms with Crippen molar-refractivity contribution in [3.63, 3.8) is 0 Å². The Bertz CT molecular complexity index is 662. The van der Waals surface area contributed by atoms with Gasteiger partial charge in [-0.15, -0.1) is 11.3 Å². The molecule has 0 N–H and O–H groups in total. The number of nitrogens with zero attached hydrogens (tertiary/aromatic N) is 2. The third-order valence-corrected chi connectivity index (χ3v) is 6.55. The van der Waals surface area contributed by atoms with Crippen LogP contribution in [0, 0.1) is 0 Å². The fourth-order valence-electron chi connectivity index (χ4n) is 2.01. The highest BCUT2D eigenvalue weighted by Crippen LogP contribution is 2.23. The molecule has 0 radical (unpaired) electrons. The Kier molecular flexibility index (Phi) is 5.03. The first kappa shape index (κ1) is 16.0. The van der Waals surface area contributed by atoms with E-state index in [9.17, 15) is 8.42 Å². The Morgan fingerprint density at radius 2 is 1.76 bits per heavy atom. The molecule has 0 aliphatic heterocycles. The van der Waals surface area contributed by atoms with E-state index in [1.807, 2.05) is 50.2 Å². The molecule has 1 aromatic carbocycles. The molecule has 0 fully saturated rings. The molecule has 6 heteroatoms. The lowest BCUT2D eigenvalue weighted by molar-refractivity contribution is 0.425. The van der Waals surface area contributed by atoms with Crippen molar-refractivity contribution >= 4 is 27.0 Å². The van der Waals surface area contributed by atoms with Crippen LogP contribution in [0.3, 0.4) is 0 Å². The minimum Gasteiger partial charge on any atom is -0.378 e. The molecule has 0 atom stereocenters. The van der Waals surface area contributed by atoms with Gasteiger partial charge in [0.05, 0.1) is 0 Å². The van der Waals surface area contributed by atoms with E-state index in [1.165, 1.54) is 15.6 Å². The van der Waals surface area contributed by atoms with Crippen LogP contribution < -0.4 is 4.90 Å². The molecule has 0 spiro atoms. The molecular formula is C15H20N2O2S2. The predicted molar refractivity (Wildman–Crippen MR) is 88.4 cm³/mol. The van der Waals surface area contributed by atoms with Gasteiger partial charge in [-0.1, -0.05) is 25.1 Å². The normalized spacial score (nSPS) is 11.8. The van der Waals surface area contributed by atoms with Crippen molar-refractivity contribution in [2.24, 2.45) is 0 Å². The molecule has 0 unspecified atom stereocenters. The first-order valence-electron chi connectivity index (χ1n) is 6.75. The summed E-state index contributed by atoms with van der Waals surface area (Å²) < 4.78 is 27.0. The van der Waals surface area contributed by atoms with E-state index in [-0.39, 0.29) is 0 Å². The zero-order valence-corrected chi connectivity index (χ0v) is 14.1. The monoisotopic (exact) mass is 324 g/mol. The second-order valence-corrected chi connectivity index (χ2v) is 8.04. The van der Waals surface area contributed by atoms with Crippen LogP contribution in [-0.4, -0.2) is 33.4 Å². The van der Waals surface area contributed by atoms with E-state index in [0.29, 0.717) is 17.3 Å². The highest BCUT2D eigenvalue weighted by atomic mass is 32.2. The van der Waals surface area contributed by atoms with Crippen LogP contribution in [0.4, 0.5) is 5.69 Å². The molecule has 0 bridgehead atoms. The van der Waals surface area contributed by atoms with Crippen molar-refractivity contribution in [2.45, 2.75) is 17.7 Å². The van der Waals surface area contributed by atoms with E-state index >= 15 is 0 Å². The molecule has 21 heavy (non-hydrogen) atoms. The van der Waals surface area contributed by atoms with E-state index < -0.39 is 10.0 Å². The average molecular weight is 324 g/mol. The lowest BCUT2D eigenvalue weighted by Crippen LogP contribution is -2.29. The standard InChI is InChI=1S/C15H20N2O2S2/c1-4-17(21(18,19)15-6-5-11-20-15)12-13-7-9-14(10-8-13)16(2)3/h5-11H,4,12H2,1-3H3. The van der Waals surface area contributed by atoms with Gasteiger partial charge < -0.3 is 4.90 Å². The van der Waals surface area contributed by atoms with E-state index in [4.69, 9.17) is 0 Å². The van der Waals surface area contributed by atoms with Gasteiger partial charge >= 0.3 is 0 Å². The fraction of sp³-hybridized carbons (Fsp3) is 0.333. The molecule has 0 aliphatic carbocycles. The van der Waals surface area contributed by atoms with Gasteiger partial charge in [-0.3, -0.25) is 0 Å². The minimum absolute atomic E-state index is 0.393. The van der Waals surface area contributed by atoms with Gasteiger partial charge in [0.25, 0.3) is 10.0 Å². The summed E-state index contributed by atoms with van der Waals surface area (Å²) in [7, 11) is 0.570. The largest absolute Gasteiger partial charge is 0.378 e. The van der Waals surface area contributed by atoms with Gasteiger partial charge in [0.1, 0.15) is 4.21 Å². The molecule has 0 aliphatic rings. The molecule has 2 aromatic rings. The molecule has 1 heterocycles. The molecule has 1 aromatic heterocycles. The summed E-state index contributed by atoms with van der Waals surface area (Å²) in [5.74, 6) is 0. The Balaban J connectivity index is 2.19. The van der Waals surface area contributed by atoms with Crippen LogP contribution in [0.25, 0.3) is 0 Å². The highest BCUT2D eigenvalue weighted by molar-refractivity contribution is 7.91. The number of thiophene rings is 1. The van der Waals surface area contributed by atoms with Gasteiger partial charge in [0, 0.05) is 32.9 Å². The van der Waals surface area contributed by atoms with E-state index in [0.717, 1.165) is 11.3 Å². The number of anilines is 1. The smallest absolute Gasteiger partial charge is 0.252 e. The first-order chi connectivity index (χ1) is 9.95. The lowest BCUT2D eigenvalue weighted by atomic mass is 10.2. The minimum atomic E-state index is -3.39. The Labute approximate surface area is 130 Å². The van der Waals surface area contributed by atoms with Crippen LogP contribution in [-0.2, 0) is 16.6 Å². The average Bonchev–Trinajstić information content (AvgIpc) is 3.00. The molecule has 2 rings (SSSR count). The summed E-state index contributed by atoms with van der Waals surface area (Å²) in [5.41, 5.74) is 2.09. The summed E-state index contributed by atoms with van der Waals surface area (Å²) >= 11 is 1.25. The van der Waals surface area contributed by atoms with Crippen LogP contribution in [0.2, 0.25) is 0 Å². The van der Waals surface area contributed by atoms with E-state index in [2.05, 4.69) is 0 Å². The zero-order chi connectivity index (χ0) is 15.5. The summed E-state index contributed by atoms with van der Waals surface area (Å²) in [6.07, 6.45) is 0. The maximum atomic E-state index is 12.5. The summed E-state index contributed by atoms with van der Waals surface area (Å²) in [6, 6.07) is 11.4. The topological polar surface area (TPSA) is 40.6 Å². The molecular weight excluding hydrogens is 304 g/mol. The SMILES string of the molecule is CCN(Cc1ccc(N(C)C)cc1)S(=O)(=O)c1cccs1. The van der Waals surface area contributed by atoms with Crippen molar-refractivity contribution in [3.05, 3.63) is 47.3 Å². The van der Waals surface area contributed by atoms with Gasteiger partial charge in [0.15, 0.2) is 0 Å². The van der Waals surface area contributed by atoms with Crippen LogP contribution in [0.5, 0.6) is 0 Å². The predicted octanol–water partition coefficient (Wildman–Crippen LogP) is 3.02. The van der Waals surface area contributed by atoms with Gasteiger partial charge in [-0.05, 0) is 29.1 Å². The van der Waals surface area contributed by atoms with Gasteiger partial charge in [0.2, 0.25) is 0 Å². The number of hydrogen-bond donors (Lipinski definition) is 0. The maximum Gasteiger partial charge on any atom is 0.252 e. The third kappa shape index (κ3) is 3.64. The second kappa shape index (κ2) is 6.60. The summed E-state index contributed by atoms with van der Waals surface area (Å²) in [4.78, 5) is 2.02. The van der Waals surface area contributed by atoms with E-state index in [1.54, 1.807) is 17.5 Å². The van der Waals surface area contributed by atoms with Crippen LogP contribution in [0.15, 0.2) is 46.0 Å². The lowest BCUT2D eigenvalue weighted by Gasteiger charge is -2.20. The fourth-order valence-corrected chi connectivity index (χ4v) is 4.59. The van der Waals surface area contributed by atoms with Crippen molar-refractivity contribution in [2.75, 3.05) is 25.5 Å². The van der Waals surface area contributed by atoms with Crippen molar-refractivity contribution in [3.8, 4) is 0 Å². The first-order valence-corrected chi connectivity index (χ1v) is 9.07. The zero-order valence-electron chi connectivity index (χ0n) is 12.5. The third-order valence-electron chi connectivity index (χ3n) is 3.25. The van der Waals surface area contributed by atoms with Crippen LogP contribution >= 0.6 is 11.3 Å². The molecule has 0 saturated heterocycles. The Morgan fingerprint density at radius 3 is 2.24 bits per heavy atom. The number of benzene rings is 1.